The molecule has 1 aromatic carbocycles. The summed E-state index contributed by atoms with van der Waals surface area (Å²) in [6.07, 6.45) is 2.97. The zero-order chi connectivity index (χ0) is 15.8. The van der Waals surface area contributed by atoms with E-state index in [2.05, 4.69) is 4.90 Å². The topological polar surface area (TPSA) is 66.6 Å². The minimum atomic E-state index is -3.88. The third-order valence-corrected chi connectivity index (χ3v) is 6.21. The lowest BCUT2D eigenvalue weighted by molar-refractivity contribution is 0.0455. The number of halogens is 1. The second-order valence-corrected chi connectivity index (χ2v) is 7.94. The van der Waals surface area contributed by atoms with Crippen LogP contribution >= 0.6 is 0 Å². The van der Waals surface area contributed by atoms with Crippen molar-refractivity contribution < 1.29 is 12.8 Å². The minimum absolute atomic E-state index is 0.154. The highest BCUT2D eigenvalue weighted by Crippen LogP contribution is 2.37. The number of nitrogens with two attached hydrogens (primary N) is 1. The summed E-state index contributed by atoms with van der Waals surface area (Å²) in [5.74, 6) is -0.774. The summed E-state index contributed by atoms with van der Waals surface area (Å²) in [5.41, 5.74) is 5.66. The van der Waals surface area contributed by atoms with Crippen LogP contribution in [-0.2, 0) is 10.0 Å². The molecule has 1 saturated carbocycles. The third-order valence-electron chi connectivity index (χ3n) is 4.39. The number of rotatable bonds is 5. The number of anilines is 1. The van der Waals surface area contributed by atoms with E-state index in [4.69, 9.17) is 5.73 Å². The van der Waals surface area contributed by atoms with Gasteiger partial charge in [0, 0.05) is 24.8 Å². The van der Waals surface area contributed by atoms with Gasteiger partial charge in [0.15, 0.2) is 0 Å². The van der Waals surface area contributed by atoms with E-state index >= 15 is 0 Å². The molecule has 0 aromatic heterocycles. The van der Waals surface area contributed by atoms with Crippen molar-refractivity contribution in [2.24, 2.45) is 0 Å². The highest BCUT2D eigenvalue weighted by atomic mass is 32.2. The fraction of sp³-hybridized carbons (Fsp3) is 0.571. The summed E-state index contributed by atoms with van der Waals surface area (Å²) < 4.78 is 40.2. The van der Waals surface area contributed by atoms with E-state index in [0.717, 1.165) is 25.3 Å². The SMILES string of the molecule is CN(C)C1(CN(C)S(=O)(=O)c2cc(N)ccc2F)CCC1. The number of hydrogen-bond donors (Lipinski definition) is 1. The first-order valence-electron chi connectivity index (χ1n) is 6.88. The molecule has 0 unspecified atom stereocenters. The Bertz CT molecular complexity index is 627. The highest BCUT2D eigenvalue weighted by molar-refractivity contribution is 7.89. The molecule has 1 aliphatic carbocycles. The van der Waals surface area contributed by atoms with Gasteiger partial charge in [0.1, 0.15) is 10.7 Å². The van der Waals surface area contributed by atoms with Crippen LogP contribution in [0.15, 0.2) is 23.1 Å². The van der Waals surface area contributed by atoms with Gasteiger partial charge in [-0.2, -0.15) is 4.31 Å². The Balaban J connectivity index is 2.29. The van der Waals surface area contributed by atoms with Crippen LogP contribution in [-0.4, -0.2) is 50.8 Å². The maximum Gasteiger partial charge on any atom is 0.245 e. The average Bonchev–Trinajstić information content (AvgIpc) is 2.35. The lowest BCUT2D eigenvalue weighted by Gasteiger charge is -2.48. The Kier molecular flexibility index (Phi) is 4.28. The smallest absolute Gasteiger partial charge is 0.245 e. The summed E-state index contributed by atoms with van der Waals surface area (Å²) in [5, 5.41) is 0. The van der Waals surface area contributed by atoms with Gasteiger partial charge in [-0.3, -0.25) is 0 Å². The first-order chi connectivity index (χ1) is 9.69. The molecule has 0 atom stereocenters. The first kappa shape index (κ1) is 16.2. The average molecular weight is 315 g/mol. The Labute approximate surface area is 125 Å². The molecule has 0 aliphatic heterocycles. The Morgan fingerprint density at radius 1 is 1.29 bits per heavy atom. The number of hydrogen-bond acceptors (Lipinski definition) is 4. The van der Waals surface area contributed by atoms with Gasteiger partial charge in [0.25, 0.3) is 0 Å². The predicted octanol–water partition coefficient (Wildman–Crippen LogP) is 1.51. The van der Waals surface area contributed by atoms with Gasteiger partial charge in [0.05, 0.1) is 0 Å². The van der Waals surface area contributed by atoms with Crippen molar-refractivity contribution in [3.63, 3.8) is 0 Å². The molecule has 118 valence electrons. The molecule has 0 amide bonds. The Morgan fingerprint density at radius 3 is 2.38 bits per heavy atom. The number of nitrogens with zero attached hydrogens (tertiary/aromatic N) is 2. The number of benzene rings is 1. The zero-order valence-electron chi connectivity index (χ0n) is 12.6. The molecule has 0 saturated heterocycles. The number of likely N-dealkylation sites (N-methyl/N-ethyl adjacent to an activating group) is 2. The molecule has 0 bridgehead atoms. The molecule has 1 fully saturated rings. The quantitative estimate of drug-likeness (QED) is 0.837. The van der Waals surface area contributed by atoms with Crippen molar-refractivity contribution >= 4 is 15.7 Å². The van der Waals surface area contributed by atoms with Crippen LogP contribution in [0.4, 0.5) is 10.1 Å². The molecule has 1 aliphatic rings. The summed E-state index contributed by atoms with van der Waals surface area (Å²) in [4.78, 5) is 1.69. The maximum absolute atomic E-state index is 13.8. The third kappa shape index (κ3) is 2.90. The van der Waals surface area contributed by atoms with E-state index < -0.39 is 15.8 Å². The zero-order valence-corrected chi connectivity index (χ0v) is 13.5. The van der Waals surface area contributed by atoms with Crippen LogP contribution in [0.3, 0.4) is 0 Å². The second-order valence-electron chi connectivity index (χ2n) is 5.92. The van der Waals surface area contributed by atoms with E-state index in [1.54, 1.807) is 0 Å². The van der Waals surface area contributed by atoms with Crippen LogP contribution < -0.4 is 5.73 Å². The van der Waals surface area contributed by atoms with Gasteiger partial charge in [-0.05, 0) is 51.6 Å². The van der Waals surface area contributed by atoms with Crippen molar-refractivity contribution in [3.8, 4) is 0 Å². The summed E-state index contributed by atoms with van der Waals surface area (Å²) in [6.45, 7) is 0.344. The van der Waals surface area contributed by atoms with Gasteiger partial charge in [0.2, 0.25) is 10.0 Å². The molecule has 1 aromatic rings. The van der Waals surface area contributed by atoms with E-state index in [1.165, 1.54) is 23.5 Å². The Hall–Kier alpha value is -1.18. The highest BCUT2D eigenvalue weighted by Gasteiger charge is 2.42. The largest absolute Gasteiger partial charge is 0.399 e. The maximum atomic E-state index is 13.8. The normalized spacial score (nSPS) is 18.0. The van der Waals surface area contributed by atoms with E-state index in [0.29, 0.717) is 6.54 Å². The van der Waals surface area contributed by atoms with Crippen molar-refractivity contribution in [2.45, 2.75) is 29.7 Å². The van der Waals surface area contributed by atoms with Gasteiger partial charge >= 0.3 is 0 Å². The fourth-order valence-corrected chi connectivity index (χ4v) is 4.06. The molecule has 7 heteroatoms. The van der Waals surface area contributed by atoms with Crippen LogP contribution in [0.5, 0.6) is 0 Å². The van der Waals surface area contributed by atoms with E-state index in [9.17, 15) is 12.8 Å². The minimum Gasteiger partial charge on any atom is -0.399 e. The fourth-order valence-electron chi connectivity index (χ4n) is 2.72. The van der Waals surface area contributed by atoms with Crippen molar-refractivity contribution in [3.05, 3.63) is 24.0 Å². The summed E-state index contributed by atoms with van der Waals surface area (Å²) in [6, 6.07) is 3.60. The van der Waals surface area contributed by atoms with Crippen molar-refractivity contribution in [1.29, 1.82) is 0 Å². The molecule has 2 rings (SSSR count). The Morgan fingerprint density at radius 2 is 1.90 bits per heavy atom. The molecular formula is C14H22FN3O2S. The number of nitrogen functional groups attached to an aromatic ring is 1. The lowest BCUT2D eigenvalue weighted by Crippen LogP contribution is -2.57. The predicted molar refractivity (Wildman–Crippen MR) is 80.9 cm³/mol. The van der Waals surface area contributed by atoms with Gasteiger partial charge < -0.3 is 10.6 Å². The lowest BCUT2D eigenvalue weighted by atomic mass is 9.75. The molecule has 2 N–H and O–H groups in total. The number of sulfonamides is 1. The van der Waals surface area contributed by atoms with Crippen molar-refractivity contribution in [2.75, 3.05) is 33.4 Å². The molecule has 21 heavy (non-hydrogen) atoms. The molecule has 0 spiro atoms. The van der Waals surface area contributed by atoms with Crippen LogP contribution in [0.25, 0.3) is 0 Å². The molecule has 0 radical (unpaired) electrons. The van der Waals surface area contributed by atoms with Gasteiger partial charge in [-0.1, -0.05) is 0 Å². The first-order valence-corrected chi connectivity index (χ1v) is 8.32. The summed E-state index contributed by atoms with van der Waals surface area (Å²) in [7, 11) is 1.49. The molecular weight excluding hydrogens is 293 g/mol. The molecule has 5 nitrogen and oxygen atoms in total. The van der Waals surface area contributed by atoms with Crippen LogP contribution in [0.1, 0.15) is 19.3 Å². The van der Waals surface area contributed by atoms with Gasteiger partial charge in [-0.15, -0.1) is 0 Å². The molecule has 0 heterocycles. The van der Waals surface area contributed by atoms with Crippen LogP contribution in [0, 0.1) is 5.82 Å². The standard InChI is InChI=1S/C14H22FN3O2S/c1-17(2)14(7-4-8-14)10-18(3)21(19,20)13-9-11(16)5-6-12(13)15/h5-6,9H,4,7-8,10,16H2,1-3H3. The van der Waals surface area contributed by atoms with E-state index in [-0.39, 0.29) is 16.1 Å². The van der Waals surface area contributed by atoms with Gasteiger partial charge in [-0.25, -0.2) is 12.8 Å². The second kappa shape index (κ2) is 5.55. The van der Waals surface area contributed by atoms with E-state index in [1.807, 2.05) is 14.1 Å². The summed E-state index contributed by atoms with van der Waals surface area (Å²) >= 11 is 0. The monoisotopic (exact) mass is 315 g/mol. The van der Waals surface area contributed by atoms with Crippen LogP contribution in [0.2, 0.25) is 0 Å². The van der Waals surface area contributed by atoms with Crippen molar-refractivity contribution in [1.82, 2.24) is 9.21 Å².